The highest BCUT2D eigenvalue weighted by Gasteiger charge is 2.42. The zero-order chi connectivity index (χ0) is 16.3. The van der Waals surface area contributed by atoms with Gasteiger partial charge in [-0.2, -0.15) is 0 Å². The van der Waals surface area contributed by atoms with E-state index in [2.05, 4.69) is 33.9 Å². The Balaban J connectivity index is 3.09. The molecule has 1 aromatic carbocycles. The van der Waals surface area contributed by atoms with E-state index in [0.717, 1.165) is 5.56 Å². The molecule has 120 valence electrons. The Bertz CT molecular complexity index is 428. The second-order valence-electron chi connectivity index (χ2n) is 6.95. The molecule has 0 aliphatic carbocycles. The van der Waals surface area contributed by atoms with Gasteiger partial charge >= 0.3 is 0 Å². The van der Waals surface area contributed by atoms with E-state index >= 15 is 0 Å². The van der Waals surface area contributed by atoms with Gasteiger partial charge < -0.3 is 19.7 Å². The normalized spacial score (nSPS) is 17.3. The average molecular weight is 312 g/mol. The molecule has 21 heavy (non-hydrogen) atoms. The molecule has 0 bridgehead atoms. The van der Waals surface area contributed by atoms with Crippen molar-refractivity contribution in [3.8, 4) is 0 Å². The summed E-state index contributed by atoms with van der Waals surface area (Å²) >= 11 is 0. The lowest BCUT2D eigenvalue weighted by atomic mass is 10.0. The molecule has 0 amide bonds. The Morgan fingerprint density at radius 2 is 1.62 bits per heavy atom. The molecule has 0 aromatic heterocycles. The third kappa shape index (κ3) is 4.62. The van der Waals surface area contributed by atoms with Crippen molar-refractivity contribution >= 4 is 8.32 Å². The maximum atomic E-state index is 10.3. The van der Waals surface area contributed by atoms with Crippen LogP contribution in [0.15, 0.2) is 30.3 Å². The molecule has 1 aromatic rings. The van der Waals surface area contributed by atoms with Gasteiger partial charge in [0.25, 0.3) is 0 Å². The van der Waals surface area contributed by atoms with Gasteiger partial charge in [-0.1, -0.05) is 51.1 Å². The highest BCUT2D eigenvalue weighted by atomic mass is 28.4. The zero-order valence-electron chi connectivity index (χ0n) is 13.6. The predicted molar refractivity (Wildman–Crippen MR) is 86.6 cm³/mol. The summed E-state index contributed by atoms with van der Waals surface area (Å²) in [6.07, 6.45) is -3.03. The van der Waals surface area contributed by atoms with E-state index in [9.17, 15) is 10.2 Å². The predicted octanol–water partition coefficient (Wildman–Crippen LogP) is 2.46. The van der Waals surface area contributed by atoms with Gasteiger partial charge in [-0.3, -0.25) is 0 Å². The molecule has 0 unspecified atom stereocenters. The number of rotatable bonds is 6. The lowest BCUT2D eigenvalue weighted by molar-refractivity contribution is -0.0729. The average Bonchev–Trinajstić information content (AvgIpc) is 2.43. The maximum Gasteiger partial charge on any atom is 0.193 e. The van der Waals surface area contributed by atoms with Crippen LogP contribution in [0.2, 0.25) is 18.1 Å². The van der Waals surface area contributed by atoms with E-state index in [4.69, 9.17) is 9.53 Å². The van der Waals surface area contributed by atoms with Crippen molar-refractivity contribution < 1.29 is 19.7 Å². The fraction of sp³-hybridized carbons (Fsp3) is 0.625. The van der Waals surface area contributed by atoms with Crippen LogP contribution in [0, 0.1) is 0 Å². The first kappa shape index (κ1) is 18.3. The number of hydrogen-bond donors (Lipinski definition) is 3. The summed E-state index contributed by atoms with van der Waals surface area (Å²) in [5.74, 6) is 0. The molecular formula is C16H28O4Si. The van der Waals surface area contributed by atoms with E-state index in [1.165, 1.54) is 0 Å². The van der Waals surface area contributed by atoms with Gasteiger partial charge in [0.15, 0.2) is 8.32 Å². The van der Waals surface area contributed by atoms with E-state index in [1.807, 2.05) is 30.3 Å². The smallest absolute Gasteiger partial charge is 0.193 e. The molecule has 1 rings (SSSR count). The maximum absolute atomic E-state index is 10.3. The SMILES string of the molecule is CC(C)(C)[Si](C)(C)O[C@H](c1ccccc1)[C@H](O)[C@@H](O)CO. The quantitative estimate of drug-likeness (QED) is 0.706. The van der Waals surface area contributed by atoms with Crippen molar-refractivity contribution in [1.29, 1.82) is 0 Å². The third-order valence-electron chi connectivity index (χ3n) is 4.25. The Morgan fingerprint density at radius 3 is 2.05 bits per heavy atom. The van der Waals surface area contributed by atoms with Gasteiger partial charge in [0, 0.05) is 0 Å². The van der Waals surface area contributed by atoms with Crippen LogP contribution in [-0.4, -0.2) is 42.5 Å². The minimum Gasteiger partial charge on any atom is -0.407 e. The van der Waals surface area contributed by atoms with Crippen LogP contribution in [-0.2, 0) is 4.43 Å². The van der Waals surface area contributed by atoms with Gasteiger partial charge in [-0.05, 0) is 23.7 Å². The minimum absolute atomic E-state index is 0.0100. The highest BCUT2D eigenvalue weighted by molar-refractivity contribution is 6.74. The van der Waals surface area contributed by atoms with Crippen LogP contribution in [0.4, 0.5) is 0 Å². The van der Waals surface area contributed by atoms with Crippen molar-refractivity contribution in [2.75, 3.05) is 6.61 Å². The summed E-state index contributed by atoms with van der Waals surface area (Å²) in [7, 11) is -2.12. The molecule has 3 N–H and O–H groups in total. The topological polar surface area (TPSA) is 69.9 Å². The van der Waals surface area contributed by atoms with Gasteiger partial charge in [0.2, 0.25) is 0 Å². The molecule has 0 saturated carbocycles. The number of aliphatic hydroxyl groups excluding tert-OH is 3. The molecule has 0 heterocycles. The van der Waals surface area contributed by atoms with Crippen LogP contribution in [0.3, 0.4) is 0 Å². The second kappa shape index (κ2) is 7.02. The first-order valence-corrected chi connectivity index (χ1v) is 10.2. The van der Waals surface area contributed by atoms with Crippen LogP contribution in [0.5, 0.6) is 0 Å². The van der Waals surface area contributed by atoms with Crippen molar-refractivity contribution in [3.63, 3.8) is 0 Å². The van der Waals surface area contributed by atoms with Gasteiger partial charge in [-0.15, -0.1) is 0 Å². The number of hydrogen-bond acceptors (Lipinski definition) is 4. The number of aliphatic hydroxyl groups is 3. The minimum atomic E-state index is -2.12. The summed E-state index contributed by atoms with van der Waals surface area (Å²) < 4.78 is 6.29. The Morgan fingerprint density at radius 1 is 1.10 bits per heavy atom. The Kier molecular flexibility index (Phi) is 6.13. The molecule has 0 fully saturated rings. The Labute approximate surface area is 128 Å². The highest BCUT2D eigenvalue weighted by Crippen LogP contribution is 2.40. The first-order chi connectivity index (χ1) is 9.60. The fourth-order valence-corrected chi connectivity index (χ4v) is 3.05. The zero-order valence-corrected chi connectivity index (χ0v) is 14.6. The number of benzene rings is 1. The van der Waals surface area contributed by atoms with Gasteiger partial charge in [0.05, 0.1) is 12.7 Å². The Hall–Kier alpha value is -0.723. The van der Waals surface area contributed by atoms with Crippen LogP contribution in [0.25, 0.3) is 0 Å². The molecule has 0 aliphatic heterocycles. The van der Waals surface area contributed by atoms with E-state index in [0.29, 0.717) is 0 Å². The summed E-state index contributed by atoms with van der Waals surface area (Å²) in [5, 5.41) is 29.2. The van der Waals surface area contributed by atoms with Gasteiger partial charge in [-0.25, -0.2) is 0 Å². The standard InChI is InChI=1S/C16H28O4Si/c1-16(2,3)21(4,5)20-15(14(19)13(18)11-17)12-9-7-6-8-10-12/h6-10,13-15,17-19H,11H2,1-5H3/t13-,14+,15+/m0/s1. The van der Waals surface area contributed by atoms with Crippen molar-refractivity contribution in [3.05, 3.63) is 35.9 Å². The van der Waals surface area contributed by atoms with E-state index in [-0.39, 0.29) is 5.04 Å². The lowest BCUT2D eigenvalue weighted by Gasteiger charge is -2.41. The largest absolute Gasteiger partial charge is 0.407 e. The molecule has 5 heteroatoms. The van der Waals surface area contributed by atoms with Crippen molar-refractivity contribution in [1.82, 2.24) is 0 Å². The van der Waals surface area contributed by atoms with Crippen molar-refractivity contribution in [2.24, 2.45) is 0 Å². The van der Waals surface area contributed by atoms with Crippen LogP contribution < -0.4 is 0 Å². The molecule has 0 radical (unpaired) electrons. The van der Waals surface area contributed by atoms with E-state index < -0.39 is 33.2 Å². The van der Waals surface area contributed by atoms with Crippen molar-refractivity contribution in [2.45, 2.75) is 57.2 Å². The van der Waals surface area contributed by atoms with Crippen LogP contribution in [0.1, 0.15) is 32.4 Å². The summed E-state index contributed by atoms with van der Waals surface area (Å²) in [5.41, 5.74) is 0.808. The monoisotopic (exact) mass is 312 g/mol. The third-order valence-corrected chi connectivity index (χ3v) is 8.70. The van der Waals surface area contributed by atoms with E-state index in [1.54, 1.807) is 0 Å². The summed E-state index contributed by atoms with van der Waals surface area (Å²) in [4.78, 5) is 0. The second-order valence-corrected chi connectivity index (χ2v) is 11.7. The molecular weight excluding hydrogens is 284 g/mol. The van der Waals surface area contributed by atoms with Crippen LogP contribution >= 0.6 is 0 Å². The summed E-state index contributed by atoms with van der Waals surface area (Å²) in [6, 6.07) is 9.36. The molecule has 0 saturated heterocycles. The molecule has 3 atom stereocenters. The first-order valence-electron chi connectivity index (χ1n) is 7.30. The van der Waals surface area contributed by atoms with Gasteiger partial charge in [0.1, 0.15) is 12.2 Å². The molecule has 0 aliphatic rings. The molecule has 0 spiro atoms. The summed E-state index contributed by atoms with van der Waals surface area (Å²) in [6.45, 7) is 10.1. The lowest BCUT2D eigenvalue weighted by Crippen LogP contribution is -2.46. The molecule has 4 nitrogen and oxygen atoms in total. The fourth-order valence-electron chi connectivity index (χ4n) is 1.78.